The van der Waals surface area contributed by atoms with E-state index in [9.17, 15) is 0 Å². The molecule has 0 bridgehead atoms. The molecule has 0 fully saturated rings. The predicted molar refractivity (Wildman–Crippen MR) is 76.5 cm³/mol. The first-order valence-corrected chi connectivity index (χ1v) is 7.18. The Morgan fingerprint density at radius 1 is 1.18 bits per heavy atom. The summed E-state index contributed by atoms with van der Waals surface area (Å²) in [6.07, 6.45) is 12.1. The molecule has 0 aliphatic carbocycles. The maximum atomic E-state index is 5.12. The summed E-state index contributed by atoms with van der Waals surface area (Å²) in [7, 11) is 1.78. The highest BCUT2D eigenvalue weighted by molar-refractivity contribution is 4.69. The van der Waals surface area contributed by atoms with Crippen molar-refractivity contribution in [3.8, 4) is 0 Å². The van der Waals surface area contributed by atoms with Crippen LogP contribution >= 0.6 is 0 Å². The molecule has 1 unspecified atom stereocenters. The van der Waals surface area contributed by atoms with Crippen molar-refractivity contribution in [1.82, 2.24) is 5.32 Å². The fourth-order valence-corrected chi connectivity index (χ4v) is 2.03. The van der Waals surface area contributed by atoms with Crippen LogP contribution in [0.2, 0.25) is 0 Å². The molecule has 1 atom stereocenters. The number of ether oxygens (including phenoxy) is 1. The summed E-state index contributed by atoms with van der Waals surface area (Å²) in [5, 5.41) is 3.64. The van der Waals surface area contributed by atoms with E-state index in [0.717, 1.165) is 19.6 Å². The van der Waals surface area contributed by atoms with Crippen molar-refractivity contribution >= 4 is 0 Å². The van der Waals surface area contributed by atoms with Crippen molar-refractivity contribution in [3.05, 3.63) is 12.7 Å². The van der Waals surface area contributed by atoms with Gasteiger partial charge in [-0.3, -0.25) is 0 Å². The molecule has 2 nitrogen and oxygen atoms in total. The minimum absolute atomic E-state index is 0.689. The second-order valence-corrected chi connectivity index (χ2v) is 4.71. The van der Waals surface area contributed by atoms with Gasteiger partial charge in [-0.05, 0) is 45.1 Å². The highest BCUT2D eigenvalue weighted by Gasteiger charge is 2.06. The lowest BCUT2D eigenvalue weighted by Crippen LogP contribution is -2.30. The van der Waals surface area contributed by atoms with Gasteiger partial charge in [0, 0.05) is 19.8 Å². The van der Waals surface area contributed by atoms with Crippen molar-refractivity contribution in [2.45, 2.75) is 64.3 Å². The van der Waals surface area contributed by atoms with Gasteiger partial charge in [0.15, 0.2) is 0 Å². The molecule has 2 heteroatoms. The van der Waals surface area contributed by atoms with Crippen LogP contribution in [0.15, 0.2) is 12.7 Å². The SMILES string of the molecule is C=CCCCCCC(CCCOC)NCCC. The Hall–Kier alpha value is -0.340. The molecule has 0 radical (unpaired) electrons. The minimum atomic E-state index is 0.689. The lowest BCUT2D eigenvalue weighted by Gasteiger charge is -2.18. The second-order valence-electron chi connectivity index (χ2n) is 4.71. The van der Waals surface area contributed by atoms with Crippen LogP contribution in [0.5, 0.6) is 0 Å². The zero-order valence-corrected chi connectivity index (χ0v) is 11.8. The molecule has 0 spiro atoms. The fraction of sp³-hybridized carbons (Fsp3) is 0.867. The van der Waals surface area contributed by atoms with Crippen molar-refractivity contribution in [3.63, 3.8) is 0 Å². The normalized spacial score (nSPS) is 12.6. The number of hydrogen-bond donors (Lipinski definition) is 1. The molecule has 0 saturated heterocycles. The van der Waals surface area contributed by atoms with Crippen LogP contribution in [0.3, 0.4) is 0 Å². The van der Waals surface area contributed by atoms with Crippen molar-refractivity contribution in [2.75, 3.05) is 20.3 Å². The third-order valence-electron chi connectivity index (χ3n) is 3.04. The van der Waals surface area contributed by atoms with Crippen LogP contribution in [0.4, 0.5) is 0 Å². The highest BCUT2D eigenvalue weighted by atomic mass is 16.5. The Morgan fingerprint density at radius 3 is 2.59 bits per heavy atom. The molecule has 0 saturated carbocycles. The van der Waals surface area contributed by atoms with Crippen molar-refractivity contribution in [1.29, 1.82) is 0 Å². The van der Waals surface area contributed by atoms with Crippen LogP contribution in [0.1, 0.15) is 58.3 Å². The van der Waals surface area contributed by atoms with E-state index >= 15 is 0 Å². The fourth-order valence-electron chi connectivity index (χ4n) is 2.03. The van der Waals surface area contributed by atoms with Crippen molar-refractivity contribution in [2.24, 2.45) is 0 Å². The van der Waals surface area contributed by atoms with Gasteiger partial charge in [-0.25, -0.2) is 0 Å². The van der Waals surface area contributed by atoms with Crippen LogP contribution in [0, 0.1) is 0 Å². The largest absolute Gasteiger partial charge is 0.385 e. The smallest absolute Gasteiger partial charge is 0.0462 e. The maximum Gasteiger partial charge on any atom is 0.0462 e. The number of rotatable bonds is 13. The molecule has 0 heterocycles. The minimum Gasteiger partial charge on any atom is -0.385 e. The molecule has 0 amide bonds. The van der Waals surface area contributed by atoms with Gasteiger partial charge in [0.25, 0.3) is 0 Å². The lowest BCUT2D eigenvalue weighted by molar-refractivity contribution is 0.187. The van der Waals surface area contributed by atoms with Gasteiger partial charge in [0.2, 0.25) is 0 Å². The van der Waals surface area contributed by atoms with Gasteiger partial charge < -0.3 is 10.1 Å². The zero-order valence-electron chi connectivity index (χ0n) is 11.8. The Morgan fingerprint density at radius 2 is 1.94 bits per heavy atom. The molecule has 1 N–H and O–H groups in total. The summed E-state index contributed by atoms with van der Waals surface area (Å²) in [5.41, 5.74) is 0. The molecule has 0 aliphatic heterocycles. The Labute approximate surface area is 108 Å². The molecule has 0 aromatic rings. The third-order valence-corrected chi connectivity index (χ3v) is 3.04. The summed E-state index contributed by atoms with van der Waals surface area (Å²) < 4.78 is 5.12. The van der Waals surface area contributed by atoms with Gasteiger partial charge in [-0.15, -0.1) is 6.58 Å². The van der Waals surface area contributed by atoms with Crippen LogP contribution in [-0.4, -0.2) is 26.3 Å². The highest BCUT2D eigenvalue weighted by Crippen LogP contribution is 2.10. The van der Waals surface area contributed by atoms with E-state index in [0.29, 0.717) is 6.04 Å². The standard InChI is InChI=1S/C15H31NO/c1-4-6-7-8-9-11-15(16-13-5-2)12-10-14-17-3/h4,15-16H,1,5-14H2,2-3H3. The molecule has 0 aromatic carbocycles. The van der Waals surface area contributed by atoms with Gasteiger partial charge in [-0.2, -0.15) is 0 Å². The first-order valence-electron chi connectivity index (χ1n) is 7.18. The van der Waals surface area contributed by atoms with Crippen molar-refractivity contribution < 1.29 is 4.74 Å². The quantitative estimate of drug-likeness (QED) is 0.390. The molecular formula is C15H31NO. The first kappa shape index (κ1) is 16.7. The number of unbranched alkanes of at least 4 members (excludes halogenated alkanes) is 3. The monoisotopic (exact) mass is 241 g/mol. The summed E-state index contributed by atoms with van der Waals surface area (Å²) >= 11 is 0. The molecule has 0 rings (SSSR count). The average Bonchev–Trinajstić information content (AvgIpc) is 2.35. The maximum absolute atomic E-state index is 5.12. The number of allylic oxidation sites excluding steroid dienone is 1. The summed E-state index contributed by atoms with van der Waals surface area (Å²) in [4.78, 5) is 0. The molecular weight excluding hydrogens is 210 g/mol. The molecule has 102 valence electrons. The molecule has 0 aromatic heterocycles. The lowest BCUT2D eigenvalue weighted by atomic mass is 10.0. The van der Waals surface area contributed by atoms with Crippen LogP contribution < -0.4 is 5.32 Å². The van der Waals surface area contributed by atoms with Crippen LogP contribution in [-0.2, 0) is 4.74 Å². The van der Waals surface area contributed by atoms with Gasteiger partial charge in [0.05, 0.1) is 0 Å². The zero-order chi connectivity index (χ0) is 12.8. The summed E-state index contributed by atoms with van der Waals surface area (Å²) in [5.74, 6) is 0. The van der Waals surface area contributed by atoms with E-state index < -0.39 is 0 Å². The topological polar surface area (TPSA) is 21.3 Å². The van der Waals surface area contributed by atoms with Crippen LogP contribution in [0.25, 0.3) is 0 Å². The first-order chi connectivity index (χ1) is 8.35. The summed E-state index contributed by atoms with van der Waals surface area (Å²) in [6, 6.07) is 0.689. The average molecular weight is 241 g/mol. The Balaban J connectivity index is 3.56. The summed E-state index contributed by atoms with van der Waals surface area (Å²) in [6.45, 7) is 8.02. The number of methoxy groups -OCH3 is 1. The van der Waals surface area contributed by atoms with E-state index in [1.165, 1.54) is 44.9 Å². The second kappa shape index (κ2) is 13.7. The van der Waals surface area contributed by atoms with E-state index in [1.54, 1.807) is 7.11 Å². The molecule has 0 aliphatic rings. The van der Waals surface area contributed by atoms with E-state index in [2.05, 4.69) is 18.8 Å². The van der Waals surface area contributed by atoms with Gasteiger partial charge >= 0.3 is 0 Å². The van der Waals surface area contributed by atoms with E-state index in [4.69, 9.17) is 4.74 Å². The number of hydrogen-bond acceptors (Lipinski definition) is 2. The predicted octanol–water partition coefficient (Wildman–Crippen LogP) is 3.92. The van der Waals surface area contributed by atoms with E-state index in [1.807, 2.05) is 6.08 Å². The third kappa shape index (κ3) is 11.9. The van der Waals surface area contributed by atoms with Gasteiger partial charge in [-0.1, -0.05) is 25.8 Å². The molecule has 17 heavy (non-hydrogen) atoms. The Kier molecular flexibility index (Phi) is 13.4. The van der Waals surface area contributed by atoms with E-state index in [-0.39, 0.29) is 0 Å². The Bertz CT molecular complexity index is 159. The number of nitrogens with one attached hydrogen (secondary N) is 1. The van der Waals surface area contributed by atoms with Gasteiger partial charge in [0.1, 0.15) is 0 Å².